The third-order valence-electron chi connectivity index (χ3n) is 5.26. The number of carboxylic acids is 1. The van der Waals surface area contributed by atoms with Crippen molar-refractivity contribution in [2.24, 2.45) is 11.3 Å². The summed E-state index contributed by atoms with van der Waals surface area (Å²) in [4.78, 5) is 14.1. The van der Waals surface area contributed by atoms with Crippen LogP contribution in [-0.2, 0) is 4.79 Å². The third kappa shape index (κ3) is 4.96. The van der Waals surface area contributed by atoms with Crippen LogP contribution in [0.5, 0.6) is 0 Å². The molecule has 4 heteroatoms. The molecule has 0 bridgehead atoms. The second kappa shape index (κ2) is 7.59. The van der Waals surface area contributed by atoms with Crippen molar-refractivity contribution < 1.29 is 9.90 Å². The summed E-state index contributed by atoms with van der Waals surface area (Å²) in [5.74, 6) is -0.0380. The molecule has 2 N–H and O–H groups in total. The fourth-order valence-corrected chi connectivity index (χ4v) is 3.44. The lowest BCUT2D eigenvalue weighted by atomic mass is 9.67. The molecule has 0 amide bonds. The zero-order chi connectivity index (χ0) is 16.1. The van der Waals surface area contributed by atoms with Gasteiger partial charge in [-0.25, -0.2) is 0 Å². The second-order valence-electron chi connectivity index (χ2n) is 7.48. The van der Waals surface area contributed by atoms with Crippen LogP contribution < -0.4 is 5.32 Å². The lowest BCUT2D eigenvalue weighted by Gasteiger charge is -2.42. The number of nitrogens with one attached hydrogen (secondary N) is 1. The monoisotopic (exact) mass is 298 g/mol. The highest BCUT2D eigenvalue weighted by Crippen LogP contribution is 2.41. The van der Waals surface area contributed by atoms with Gasteiger partial charge < -0.3 is 15.3 Å². The Morgan fingerprint density at radius 2 is 1.76 bits per heavy atom. The number of aliphatic carboxylic acids is 1. The Morgan fingerprint density at radius 1 is 1.24 bits per heavy atom. The minimum absolute atomic E-state index is 0.284. The second-order valence-corrected chi connectivity index (χ2v) is 7.48. The van der Waals surface area contributed by atoms with Crippen molar-refractivity contribution in [3.8, 4) is 0 Å². The molecule has 1 fully saturated rings. The highest BCUT2D eigenvalue weighted by atomic mass is 16.4. The largest absolute Gasteiger partial charge is 0.480 e. The van der Waals surface area contributed by atoms with Crippen molar-refractivity contribution in [2.75, 3.05) is 26.2 Å². The molecule has 1 saturated carbocycles. The van der Waals surface area contributed by atoms with Gasteiger partial charge in [-0.2, -0.15) is 0 Å². The summed E-state index contributed by atoms with van der Waals surface area (Å²) in [6.45, 7) is 14.8. The minimum atomic E-state index is -0.700. The lowest BCUT2D eigenvalue weighted by Crippen LogP contribution is -2.56. The van der Waals surface area contributed by atoms with E-state index in [9.17, 15) is 9.90 Å². The fraction of sp³-hybridized carbons (Fsp3) is 0.941. The molecule has 124 valence electrons. The van der Waals surface area contributed by atoms with Crippen molar-refractivity contribution in [1.29, 1.82) is 0 Å². The molecular weight excluding hydrogens is 264 g/mol. The van der Waals surface area contributed by atoms with E-state index in [-0.39, 0.29) is 5.41 Å². The van der Waals surface area contributed by atoms with E-state index in [0.717, 1.165) is 51.9 Å². The van der Waals surface area contributed by atoms with E-state index in [1.165, 1.54) is 0 Å². The summed E-state index contributed by atoms with van der Waals surface area (Å²) in [5.41, 5.74) is -0.416. The van der Waals surface area contributed by atoms with Gasteiger partial charge in [0, 0.05) is 13.1 Å². The van der Waals surface area contributed by atoms with Crippen LogP contribution in [0.2, 0.25) is 0 Å². The van der Waals surface area contributed by atoms with E-state index in [0.29, 0.717) is 5.92 Å². The van der Waals surface area contributed by atoms with Crippen LogP contribution in [0.25, 0.3) is 0 Å². The summed E-state index contributed by atoms with van der Waals surface area (Å²) in [5, 5.41) is 13.0. The normalized spacial score (nSPS) is 27.0. The van der Waals surface area contributed by atoms with E-state index in [2.05, 4.69) is 44.8 Å². The molecule has 0 saturated heterocycles. The number of likely N-dealkylation sites (N-methyl/N-ethyl adjacent to an activating group) is 1. The van der Waals surface area contributed by atoms with Crippen molar-refractivity contribution in [3.63, 3.8) is 0 Å². The van der Waals surface area contributed by atoms with Crippen LogP contribution in [0.3, 0.4) is 0 Å². The maximum atomic E-state index is 11.8. The number of hydrogen-bond donors (Lipinski definition) is 2. The van der Waals surface area contributed by atoms with E-state index < -0.39 is 11.5 Å². The minimum Gasteiger partial charge on any atom is -0.480 e. The Kier molecular flexibility index (Phi) is 6.67. The summed E-state index contributed by atoms with van der Waals surface area (Å²) in [6, 6.07) is 0. The van der Waals surface area contributed by atoms with Crippen molar-refractivity contribution >= 4 is 5.97 Å². The van der Waals surface area contributed by atoms with Crippen LogP contribution in [-0.4, -0.2) is 47.7 Å². The molecule has 1 aliphatic carbocycles. The topological polar surface area (TPSA) is 52.6 Å². The lowest BCUT2D eigenvalue weighted by molar-refractivity contribution is -0.147. The fourth-order valence-electron chi connectivity index (χ4n) is 3.44. The summed E-state index contributed by atoms with van der Waals surface area (Å²) >= 11 is 0. The highest BCUT2D eigenvalue weighted by molar-refractivity contribution is 5.78. The van der Waals surface area contributed by atoms with Gasteiger partial charge in [-0.15, -0.1) is 0 Å². The number of rotatable bonds is 7. The Balaban J connectivity index is 2.56. The molecule has 4 nitrogen and oxygen atoms in total. The predicted molar refractivity (Wildman–Crippen MR) is 87.6 cm³/mol. The average Bonchev–Trinajstić information content (AvgIpc) is 2.43. The molecule has 0 heterocycles. The van der Waals surface area contributed by atoms with Crippen molar-refractivity contribution in [3.05, 3.63) is 0 Å². The molecule has 0 aromatic heterocycles. The van der Waals surface area contributed by atoms with E-state index in [1.807, 2.05) is 0 Å². The first-order valence-corrected chi connectivity index (χ1v) is 8.46. The van der Waals surface area contributed by atoms with Gasteiger partial charge in [0.15, 0.2) is 0 Å². The molecule has 0 atom stereocenters. The molecule has 0 aliphatic heterocycles. The number of carbonyl (C=O) groups is 1. The van der Waals surface area contributed by atoms with Crippen LogP contribution in [0.4, 0.5) is 0 Å². The van der Waals surface area contributed by atoms with E-state index in [1.54, 1.807) is 0 Å². The molecule has 0 aromatic carbocycles. The molecule has 0 radical (unpaired) electrons. The quantitative estimate of drug-likeness (QED) is 0.759. The van der Waals surface area contributed by atoms with Crippen LogP contribution in [0.1, 0.15) is 60.3 Å². The predicted octanol–water partition coefficient (Wildman–Crippen LogP) is 2.98. The Labute approximate surface area is 130 Å². The summed E-state index contributed by atoms with van der Waals surface area (Å²) in [7, 11) is 0. The van der Waals surface area contributed by atoms with E-state index in [4.69, 9.17) is 0 Å². The molecule has 1 aliphatic rings. The van der Waals surface area contributed by atoms with Gasteiger partial charge in [-0.3, -0.25) is 4.79 Å². The van der Waals surface area contributed by atoms with Gasteiger partial charge in [0.2, 0.25) is 0 Å². The Bertz CT molecular complexity index is 324. The van der Waals surface area contributed by atoms with Gasteiger partial charge in [-0.05, 0) is 50.1 Å². The van der Waals surface area contributed by atoms with Crippen LogP contribution in [0.15, 0.2) is 0 Å². The number of hydrogen-bond acceptors (Lipinski definition) is 3. The third-order valence-corrected chi connectivity index (χ3v) is 5.26. The Hall–Kier alpha value is -0.610. The molecule has 0 aromatic rings. The van der Waals surface area contributed by atoms with Crippen molar-refractivity contribution in [1.82, 2.24) is 10.2 Å². The molecule has 1 rings (SSSR count). The molecule has 0 unspecified atom stereocenters. The van der Waals surface area contributed by atoms with Gasteiger partial charge in [0.25, 0.3) is 0 Å². The molecular formula is C17H34N2O2. The summed E-state index contributed by atoms with van der Waals surface area (Å²) in [6.07, 6.45) is 3.52. The van der Waals surface area contributed by atoms with Gasteiger partial charge in [0.1, 0.15) is 5.54 Å². The average molecular weight is 298 g/mol. The molecule has 0 spiro atoms. The maximum absolute atomic E-state index is 11.8. The zero-order valence-electron chi connectivity index (χ0n) is 14.5. The smallest absolute Gasteiger partial charge is 0.323 e. The van der Waals surface area contributed by atoms with Gasteiger partial charge in [-0.1, -0.05) is 34.6 Å². The standard InChI is InChI=1S/C17H34N2O2/c1-6-19(7-2)13-12-18-17(15(20)21)10-8-14(9-11-17)16(3,4)5/h14,18H,6-13H2,1-5H3,(H,20,21). The first kappa shape index (κ1) is 18.4. The number of carboxylic acid groups (broad SMARTS) is 1. The Morgan fingerprint density at radius 3 is 2.14 bits per heavy atom. The van der Waals surface area contributed by atoms with Gasteiger partial charge >= 0.3 is 5.97 Å². The first-order valence-electron chi connectivity index (χ1n) is 8.46. The first-order chi connectivity index (χ1) is 9.75. The molecule has 21 heavy (non-hydrogen) atoms. The maximum Gasteiger partial charge on any atom is 0.323 e. The van der Waals surface area contributed by atoms with Crippen molar-refractivity contribution in [2.45, 2.75) is 65.8 Å². The summed E-state index contributed by atoms with van der Waals surface area (Å²) < 4.78 is 0. The van der Waals surface area contributed by atoms with Crippen LogP contribution in [0, 0.1) is 11.3 Å². The van der Waals surface area contributed by atoms with Gasteiger partial charge in [0.05, 0.1) is 0 Å². The van der Waals surface area contributed by atoms with Crippen LogP contribution >= 0.6 is 0 Å². The van der Waals surface area contributed by atoms with E-state index >= 15 is 0 Å². The SMILES string of the molecule is CCN(CC)CCNC1(C(=O)O)CCC(C(C)(C)C)CC1. The highest BCUT2D eigenvalue weighted by Gasteiger charge is 2.43. The zero-order valence-corrected chi connectivity index (χ0v) is 14.5. The number of nitrogens with zero attached hydrogens (tertiary/aromatic N) is 1.